The number of hydrogen-bond donors (Lipinski definition) is 2. The number of nitrogens with one attached hydrogen (secondary N) is 1. The van der Waals surface area contributed by atoms with Crippen molar-refractivity contribution in [2.75, 3.05) is 18.2 Å². The Morgan fingerprint density at radius 3 is 2.94 bits per heavy atom. The normalized spacial score (nSPS) is 22.8. The Morgan fingerprint density at radius 1 is 1.56 bits per heavy atom. The molecule has 1 aromatic rings. The van der Waals surface area contributed by atoms with Gasteiger partial charge in [0.2, 0.25) is 0 Å². The lowest BCUT2D eigenvalue weighted by atomic mass is 10.1. The van der Waals surface area contributed by atoms with Gasteiger partial charge in [0.15, 0.2) is 0 Å². The van der Waals surface area contributed by atoms with E-state index in [1.807, 2.05) is 0 Å². The van der Waals surface area contributed by atoms with Gasteiger partial charge in [-0.05, 0) is 24.8 Å². The molecule has 3 N–H and O–H groups in total. The molecular formula is C13H19N3O2. The predicted octanol–water partition coefficient (Wildman–Crippen LogP) is 2.05. The van der Waals surface area contributed by atoms with E-state index in [0.29, 0.717) is 29.0 Å². The van der Waals surface area contributed by atoms with Crippen molar-refractivity contribution in [3.63, 3.8) is 0 Å². The number of methoxy groups -OCH3 is 1. The molecule has 18 heavy (non-hydrogen) atoms. The molecule has 1 fully saturated rings. The lowest BCUT2D eigenvalue weighted by molar-refractivity contribution is 0.0602. The summed E-state index contributed by atoms with van der Waals surface area (Å²) in [6.07, 6.45) is 5.10. The summed E-state index contributed by atoms with van der Waals surface area (Å²) >= 11 is 0. The van der Waals surface area contributed by atoms with E-state index in [4.69, 9.17) is 5.73 Å². The zero-order chi connectivity index (χ0) is 13.1. The molecule has 0 amide bonds. The number of anilines is 2. The maximum absolute atomic E-state index is 11.5. The first-order valence-electron chi connectivity index (χ1n) is 6.22. The summed E-state index contributed by atoms with van der Waals surface area (Å²) in [4.78, 5) is 15.7. The third kappa shape index (κ3) is 2.55. The van der Waals surface area contributed by atoms with Crippen molar-refractivity contribution < 1.29 is 9.53 Å². The van der Waals surface area contributed by atoms with Crippen molar-refractivity contribution in [2.45, 2.75) is 32.2 Å². The molecule has 0 saturated heterocycles. The maximum Gasteiger partial charge on any atom is 0.340 e. The number of aromatic nitrogens is 1. The first kappa shape index (κ1) is 12.7. The highest BCUT2D eigenvalue weighted by Gasteiger charge is 2.23. The minimum absolute atomic E-state index is 0.340. The van der Waals surface area contributed by atoms with E-state index in [1.165, 1.54) is 26.1 Å². The van der Waals surface area contributed by atoms with Crippen LogP contribution in [0.1, 0.15) is 36.5 Å². The number of nitrogens with zero attached hydrogens (tertiary/aromatic N) is 1. The van der Waals surface area contributed by atoms with Crippen LogP contribution < -0.4 is 11.1 Å². The molecular weight excluding hydrogens is 230 g/mol. The number of esters is 1. The SMILES string of the molecule is COC(=O)c1cc(NC2CCCC2C)ncc1N. The summed E-state index contributed by atoms with van der Waals surface area (Å²) < 4.78 is 4.69. The fourth-order valence-corrected chi connectivity index (χ4v) is 2.38. The van der Waals surface area contributed by atoms with Crippen molar-refractivity contribution in [2.24, 2.45) is 5.92 Å². The minimum atomic E-state index is -0.433. The second-order valence-electron chi connectivity index (χ2n) is 4.81. The van der Waals surface area contributed by atoms with Crippen LogP contribution in [0.15, 0.2) is 12.3 Å². The number of carbonyl (C=O) groups excluding carboxylic acids is 1. The molecule has 98 valence electrons. The van der Waals surface area contributed by atoms with Crippen molar-refractivity contribution in [3.05, 3.63) is 17.8 Å². The largest absolute Gasteiger partial charge is 0.465 e. The molecule has 0 aliphatic heterocycles. The van der Waals surface area contributed by atoms with Crippen LogP contribution in [-0.2, 0) is 4.74 Å². The van der Waals surface area contributed by atoms with Crippen molar-refractivity contribution in [1.29, 1.82) is 0 Å². The Balaban J connectivity index is 2.16. The van der Waals surface area contributed by atoms with Crippen LogP contribution in [0, 0.1) is 5.92 Å². The number of ether oxygens (including phenoxy) is 1. The van der Waals surface area contributed by atoms with Gasteiger partial charge < -0.3 is 15.8 Å². The van der Waals surface area contributed by atoms with Gasteiger partial charge in [-0.25, -0.2) is 9.78 Å². The highest BCUT2D eigenvalue weighted by molar-refractivity contribution is 5.95. The number of pyridine rings is 1. The van der Waals surface area contributed by atoms with Crippen LogP contribution in [0.5, 0.6) is 0 Å². The van der Waals surface area contributed by atoms with Crippen molar-refractivity contribution >= 4 is 17.5 Å². The van der Waals surface area contributed by atoms with E-state index in [2.05, 4.69) is 22.0 Å². The molecule has 0 radical (unpaired) electrons. The summed E-state index contributed by atoms with van der Waals surface area (Å²) in [5, 5.41) is 3.36. The number of rotatable bonds is 3. The van der Waals surface area contributed by atoms with E-state index < -0.39 is 5.97 Å². The fourth-order valence-electron chi connectivity index (χ4n) is 2.38. The van der Waals surface area contributed by atoms with Gasteiger partial charge in [-0.2, -0.15) is 0 Å². The van der Waals surface area contributed by atoms with Gasteiger partial charge in [0.25, 0.3) is 0 Å². The monoisotopic (exact) mass is 249 g/mol. The average molecular weight is 249 g/mol. The lowest BCUT2D eigenvalue weighted by Gasteiger charge is -2.18. The number of nitrogens with two attached hydrogens (primary N) is 1. The van der Waals surface area contributed by atoms with E-state index in [0.717, 1.165) is 6.42 Å². The van der Waals surface area contributed by atoms with Crippen LogP contribution >= 0.6 is 0 Å². The van der Waals surface area contributed by atoms with Gasteiger partial charge in [-0.15, -0.1) is 0 Å². The third-order valence-corrected chi connectivity index (χ3v) is 3.53. The smallest absolute Gasteiger partial charge is 0.340 e. The lowest BCUT2D eigenvalue weighted by Crippen LogP contribution is -2.22. The highest BCUT2D eigenvalue weighted by Crippen LogP contribution is 2.28. The maximum atomic E-state index is 11.5. The minimum Gasteiger partial charge on any atom is -0.465 e. The highest BCUT2D eigenvalue weighted by atomic mass is 16.5. The van der Waals surface area contributed by atoms with Gasteiger partial charge in [0.05, 0.1) is 24.6 Å². The Kier molecular flexibility index (Phi) is 3.69. The molecule has 5 nitrogen and oxygen atoms in total. The summed E-state index contributed by atoms with van der Waals surface area (Å²) in [5.74, 6) is 0.881. The zero-order valence-corrected chi connectivity index (χ0v) is 10.8. The summed E-state index contributed by atoms with van der Waals surface area (Å²) in [7, 11) is 1.34. The van der Waals surface area contributed by atoms with E-state index in [-0.39, 0.29) is 0 Å². The number of carbonyl (C=O) groups is 1. The third-order valence-electron chi connectivity index (χ3n) is 3.53. The summed E-state index contributed by atoms with van der Waals surface area (Å²) in [6.45, 7) is 2.23. The molecule has 1 aliphatic rings. The van der Waals surface area contributed by atoms with Crippen molar-refractivity contribution in [1.82, 2.24) is 4.98 Å². The molecule has 2 unspecified atom stereocenters. The van der Waals surface area contributed by atoms with Crippen LogP contribution in [-0.4, -0.2) is 24.1 Å². The topological polar surface area (TPSA) is 77.2 Å². The molecule has 0 spiro atoms. The van der Waals surface area contributed by atoms with E-state index in [9.17, 15) is 4.79 Å². The molecule has 5 heteroatoms. The first-order valence-corrected chi connectivity index (χ1v) is 6.22. The standard InChI is InChI=1S/C13H19N3O2/c1-8-4-3-5-11(8)16-12-6-9(13(17)18-2)10(14)7-15-12/h6-8,11H,3-5,14H2,1-2H3,(H,15,16). The zero-order valence-electron chi connectivity index (χ0n) is 10.8. The molecule has 1 aromatic heterocycles. The molecule has 0 aromatic carbocycles. The van der Waals surface area contributed by atoms with Crippen LogP contribution in [0.2, 0.25) is 0 Å². The first-order chi connectivity index (χ1) is 8.61. The van der Waals surface area contributed by atoms with Crippen LogP contribution in [0.25, 0.3) is 0 Å². The molecule has 1 saturated carbocycles. The van der Waals surface area contributed by atoms with Crippen LogP contribution in [0.3, 0.4) is 0 Å². The molecule has 1 heterocycles. The summed E-state index contributed by atoms with van der Waals surface area (Å²) in [5.41, 5.74) is 6.41. The second-order valence-corrected chi connectivity index (χ2v) is 4.81. The van der Waals surface area contributed by atoms with E-state index >= 15 is 0 Å². The van der Waals surface area contributed by atoms with Gasteiger partial charge >= 0.3 is 5.97 Å². The number of hydrogen-bond acceptors (Lipinski definition) is 5. The van der Waals surface area contributed by atoms with Crippen molar-refractivity contribution in [3.8, 4) is 0 Å². The van der Waals surface area contributed by atoms with E-state index in [1.54, 1.807) is 6.07 Å². The fraction of sp³-hybridized carbons (Fsp3) is 0.538. The quantitative estimate of drug-likeness (QED) is 0.802. The number of nitrogen functional groups attached to an aromatic ring is 1. The Labute approximate surface area is 107 Å². The molecule has 2 atom stereocenters. The molecule has 1 aliphatic carbocycles. The Hall–Kier alpha value is -1.78. The average Bonchev–Trinajstić information content (AvgIpc) is 2.76. The predicted molar refractivity (Wildman–Crippen MR) is 70.4 cm³/mol. The van der Waals surface area contributed by atoms with Gasteiger partial charge in [0, 0.05) is 6.04 Å². The Bertz CT molecular complexity index is 448. The van der Waals surface area contributed by atoms with Gasteiger partial charge in [0.1, 0.15) is 5.82 Å². The van der Waals surface area contributed by atoms with Gasteiger partial charge in [-0.1, -0.05) is 13.3 Å². The Morgan fingerprint density at radius 2 is 2.33 bits per heavy atom. The van der Waals surface area contributed by atoms with Crippen LogP contribution in [0.4, 0.5) is 11.5 Å². The molecule has 0 bridgehead atoms. The second kappa shape index (κ2) is 5.25. The van der Waals surface area contributed by atoms with Gasteiger partial charge in [-0.3, -0.25) is 0 Å². The molecule has 2 rings (SSSR count). The summed E-state index contributed by atoms with van der Waals surface area (Å²) in [6, 6.07) is 2.08.